The van der Waals surface area contributed by atoms with Crippen LogP contribution in [0.5, 0.6) is 5.75 Å². The van der Waals surface area contributed by atoms with Gasteiger partial charge in [-0.2, -0.15) is 0 Å². The Kier molecular flexibility index (Phi) is 6.24. The van der Waals surface area contributed by atoms with E-state index in [2.05, 4.69) is 5.32 Å². The molecular formula is C20H26N2O2. The summed E-state index contributed by atoms with van der Waals surface area (Å²) in [7, 11) is 1.82. The summed E-state index contributed by atoms with van der Waals surface area (Å²) in [5.41, 5.74) is 4.43. The number of hydrogen-bond acceptors (Lipinski definition) is 3. The van der Waals surface area contributed by atoms with Crippen molar-refractivity contribution in [1.82, 2.24) is 4.90 Å². The van der Waals surface area contributed by atoms with E-state index >= 15 is 0 Å². The van der Waals surface area contributed by atoms with E-state index < -0.39 is 0 Å². The number of nitrogens with one attached hydrogen (secondary N) is 1. The van der Waals surface area contributed by atoms with E-state index in [-0.39, 0.29) is 5.91 Å². The predicted molar refractivity (Wildman–Crippen MR) is 98.5 cm³/mol. The lowest BCUT2D eigenvalue weighted by Crippen LogP contribution is -2.32. The van der Waals surface area contributed by atoms with Gasteiger partial charge in [-0.3, -0.25) is 4.79 Å². The molecule has 1 N–H and O–H groups in total. The van der Waals surface area contributed by atoms with Crippen molar-refractivity contribution in [2.75, 3.05) is 25.5 Å². The smallest absolute Gasteiger partial charge is 0.241 e. The van der Waals surface area contributed by atoms with Gasteiger partial charge in [0, 0.05) is 19.3 Å². The van der Waals surface area contributed by atoms with Crippen LogP contribution in [0.4, 0.5) is 5.69 Å². The highest BCUT2D eigenvalue weighted by Gasteiger charge is 2.10. The molecule has 2 rings (SSSR count). The Balaban J connectivity index is 1.90. The monoisotopic (exact) mass is 326 g/mol. The lowest BCUT2D eigenvalue weighted by Gasteiger charge is -2.19. The molecule has 2 aromatic rings. The van der Waals surface area contributed by atoms with Crippen molar-refractivity contribution in [2.24, 2.45) is 0 Å². The van der Waals surface area contributed by atoms with Gasteiger partial charge in [-0.05, 0) is 49.6 Å². The number of likely N-dealkylation sites (N-methyl/N-ethyl adjacent to an activating group) is 1. The van der Waals surface area contributed by atoms with Crippen molar-refractivity contribution >= 4 is 11.6 Å². The fourth-order valence-electron chi connectivity index (χ4n) is 2.61. The number of hydrogen-bond donors (Lipinski definition) is 1. The van der Waals surface area contributed by atoms with Crippen molar-refractivity contribution in [3.05, 3.63) is 59.2 Å². The quantitative estimate of drug-likeness (QED) is 0.842. The van der Waals surface area contributed by atoms with Crippen LogP contribution in [0.3, 0.4) is 0 Å². The molecule has 0 aliphatic carbocycles. The van der Waals surface area contributed by atoms with Crippen LogP contribution in [-0.2, 0) is 11.3 Å². The van der Waals surface area contributed by atoms with Crippen LogP contribution in [0.25, 0.3) is 0 Å². The van der Waals surface area contributed by atoms with Gasteiger partial charge in [-0.1, -0.05) is 30.3 Å². The molecule has 0 unspecified atom stereocenters. The van der Waals surface area contributed by atoms with E-state index in [1.54, 1.807) is 4.90 Å². The maximum absolute atomic E-state index is 12.4. The molecule has 0 aliphatic heterocycles. The van der Waals surface area contributed by atoms with Gasteiger partial charge in [0.05, 0.1) is 13.2 Å². The minimum atomic E-state index is 0.0616. The second-order valence-electron chi connectivity index (χ2n) is 5.95. The Hall–Kier alpha value is -2.49. The molecule has 0 heterocycles. The first kappa shape index (κ1) is 17.9. The number of para-hydroxylation sites is 1. The van der Waals surface area contributed by atoms with Crippen molar-refractivity contribution in [1.29, 1.82) is 0 Å². The fraction of sp³-hybridized carbons (Fsp3) is 0.350. The number of benzene rings is 2. The zero-order chi connectivity index (χ0) is 17.5. The third kappa shape index (κ3) is 4.75. The van der Waals surface area contributed by atoms with E-state index in [0.717, 1.165) is 28.1 Å². The van der Waals surface area contributed by atoms with Gasteiger partial charge in [-0.15, -0.1) is 0 Å². The number of nitrogens with zero attached hydrogens (tertiary/aromatic N) is 1. The highest BCUT2D eigenvalue weighted by molar-refractivity contribution is 5.81. The summed E-state index contributed by atoms with van der Waals surface area (Å²) in [6.45, 7) is 7.58. The molecule has 0 saturated heterocycles. The number of ether oxygens (including phenoxy) is 1. The first-order chi connectivity index (χ1) is 11.5. The maximum atomic E-state index is 12.4. The van der Waals surface area contributed by atoms with Gasteiger partial charge in [0.2, 0.25) is 5.91 Å². The van der Waals surface area contributed by atoms with Crippen molar-refractivity contribution < 1.29 is 9.53 Å². The number of anilines is 1. The van der Waals surface area contributed by atoms with Gasteiger partial charge in [0.1, 0.15) is 5.75 Å². The Morgan fingerprint density at radius 2 is 1.71 bits per heavy atom. The van der Waals surface area contributed by atoms with E-state index in [0.29, 0.717) is 19.7 Å². The molecule has 4 nitrogen and oxygen atoms in total. The molecule has 0 spiro atoms. The summed E-state index contributed by atoms with van der Waals surface area (Å²) in [6.07, 6.45) is 0. The van der Waals surface area contributed by atoms with Gasteiger partial charge < -0.3 is 15.0 Å². The summed E-state index contributed by atoms with van der Waals surface area (Å²) in [4.78, 5) is 14.1. The largest absolute Gasteiger partial charge is 0.494 e. The second kappa shape index (κ2) is 8.39. The highest BCUT2D eigenvalue weighted by atomic mass is 16.5. The number of carbonyl (C=O) groups excluding carboxylic acids is 1. The normalized spacial score (nSPS) is 10.3. The van der Waals surface area contributed by atoms with Gasteiger partial charge in [0.25, 0.3) is 0 Å². The average molecular weight is 326 g/mol. The van der Waals surface area contributed by atoms with Gasteiger partial charge in [-0.25, -0.2) is 0 Å². The first-order valence-electron chi connectivity index (χ1n) is 8.27. The molecule has 0 atom stereocenters. The van der Waals surface area contributed by atoms with Crippen molar-refractivity contribution in [2.45, 2.75) is 27.3 Å². The standard InChI is InChI=1S/C20H26N2O2/c1-5-24-18-11-9-17(10-12-18)14-22(4)19(23)13-21-20-15(2)7-6-8-16(20)3/h6-12,21H,5,13-14H2,1-4H3. The topological polar surface area (TPSA) is 41.6 Å². The predicted octanol–water partition coefficient (Wildman–Crippen LogP) is 3.77. The molecule has 1 amide bonds. The van der Waals surface area contributed by atoms with Crippen LogP contribution < -0.4 is 10.1 Å². The lowest BCUT2D eigenvalue weighted by atomic mass is 10.1. The molecule has 0 bridgehead atoms. The molecule has 128 valence electrons. The van der Waals surface area contributed by atoms with E-state index in [1.165, 1.54) is 0 Å². The summed E-state index contributed by atoms with van der Waals surface area (Å²) in [6, 6.07) is 14.0. The van der Waals surface area contributed by atoms with Crippen LogP contribution in [0.1, 0.15) is 23.6 Å². The Morgan fingerprint density at radius 1 is 1.08 bits per heavy atom. The number of carbonyl (C=O) groups is 1. The Morgan fingerprint density at radius 3 is 2.29 bits per heavy atom. The number of aryl methyl sites for hydroxylation is 2. The lowest BCUT2D eigenvalue weighted by molar-refractivity contribution is -0.128. The summed E-state index contributed by atoms with van der Waals surface area (Å²) >= 11 is 0. The van der Waals surface area contributed by atoms with Crippen LogP contribution in [0.15, 0.2) is 42.5 Å². The van der Waals surface area contributed by atoms with Crippen LogP contribution in [0, 0.1) is 13.8 Å². The first-order valence-corrected chi connectivity index (χ1v) is 8.27. The van der Waals surface area contributed by atoms with E-state index in [4.69, 9.17) is 4.74 Å². The molecule has 4 heteroatoms. The number of amides is 1. The number of rotatable bonds is 7. The van der Waals surface area contributed by atoms with Crippen molar-refractivity contribution in [3.63, 3.8) is 0 Å². The summed E-state index contributed by atoms with van der Waals surface area (Å²) in [5, 5.41) is 3.26. The van der Waals surface area contributed by atoms with Crippen LogP contribution in [-0.4, -0.2) is 31.0 Å². The minimum Gasteiger partial charge on any atom is -0.494 e. The molecule has 0 radical (unpaired) electrons. The maximum Gasteiger partial charge on any atom is 0.241 e. The summed E-state index contributed by atoms with van der Waals surface area (Å²) < 4.78 is 5.43. The van der Waals surface area contributed by atoms with Gasteiger partial charge >= 0.3 is 0 Å². The zero-order valence-corrected chi connectivity index (χ0v) is 14.9. The molecule has 24 heavy (non-hydrogen) atoms. The second-order valence-corrected chi connectivity index (χ2v) is 5.95. The van der Waals surface area contributed by atoms with E-state index in [9.17, 15) is 4.79 Å². The zero-order valence-electron chi connectivity index (χ0n) is 14.9. The highest BCUT2D eigenvalue weighted by Crippen LogP contribution is 2.19. The molecule has 0 aliphatic rings. The van der Waals surface area contributed by atoms with Crippen molar-refractivity contribution in [3.8, 4) is 5.75 Å². The van der Waals surface area contributed by atoms with Gasteiger partial charge in [0.15, 0.2) is 0 Å². The van der Waals surface area contributed by atoms with Crippen LogP contribution >= 0.6 is 0 Å². The fourth-order valence-corrected chi connectivity index (χ4v) is 2.61. The SMILES string of the molecule is CCOc1ccc(CN(C)C(=O)CNc2c(C)cccc2C)cc1. The Labute approximate surface area is 144 Å². The third-order valence-electron chi connectivity index (χ3n) is 3.98. The molecule has 0 saturated carbocycles. The summed E-state index contributed by atoms with van der Waals surface area (Å²) in [5.74, 6) is 0.915. The molecule has 0 fully saturated rings. The average Bonchev–Trinajstić information content (AvgIpc) is 2.56. The molecular weight excluding hydrogens is 300 g/mol. The van der Waals surface area contributed by atoms with E-state index in [1.807, 2.05) is 70.3 Å². The molecule has 2 aromatic carbocycles. The van der Waals surface area contributed by atoms with Crippen LogP contribution in [0.2, 0.25) is 0 Å². The minimum absolute atomic E-state index is 0.0616. The molecule has 0 aromatic heterocycles. The third-order valence-corrected chi connectivity index (χ3v) is 3.98. The Bertz CT molecular complexity index is 660.